The van der Waals surface area contributed by atoms with Gasteiger partial charge in [0.15, 0.2) is 0 Å². The highest BCUT2D eigenvalue weighted by Gasteiger charge is 2.49. The normalized spacial score (nSPS) is 23.6. The molecule has 2 aromatic carbocycles. The van der Waals surface area contributed by atoms with Crippen molar-refractivity contribution >= 4 is 31.5 Å². The Hall–Kier alpha value is -2.52. The predicted molar refractivity (Wildman–Crippen MR) is 122 cm³/mol. The van der Waals surface area contributed by atoms with Gasteiger partial charge in [-0.3, -0.25) is 4.78 Å². The summed E-state index contributed by atoms with van der Waals surface area (Å²) in [5.74, 6) is -2.76. The second-order valence-electron chi connectivity index (χ2n) is 8.05. The molecule has 2 heterocycles. The first-order chi connectivity index (χ1) is 16.3. The van der Waals surface area contributed by atoms with Crippen LogP contribution in [-0.4, -0.2) is 45.2 Å². The maximum Gasteiger partial charge on any atom is 0.314 e. The molecule has 0 amide bonds. The standard InChI is InChI=1S/C20H19ClF3N5O4S2/c21-15-3-1-2-14(9-15)20(11-34(25,30)7-6-29(20)35(26,31)32)10-13-5-4-12(8-16(13)22)18-27-28-19(33-18)17(23)24/h1-5,8-9,17,25H,6-7,10-11H2,(H2,26,31,32). The summed E-state index contributed by atoms with van der Waals surface area (Å²) >= 11 is 6.14. The molecular weight excluding hydrogens is 531 g/mol. The van der Waals surface area contributed by atoms with Gasteiger partial charge in [0.05, 0.1) is 11.3 Å². The lowest BCUT2D eigenvalue weighted by atomic mass is 9.84. The molecule has 1 aliphatic heterocycles. The largest absolute Gasteiger partial charge is 0.415 e. The van der Waals surface area contributed by atoms with Crippen LogP contribution < -0.4 is 5.14 Å². The lowest BCUT2D eigenvalue weighted by Gasteiger charge is -2.46. The van der Waals surface area contributed by atoms with Crippen LogP contribution >= 0.6 is 11.6 Å². The van der Waals surface area contributed by atoms with E-state index in [-0.39, 0.29) is 40.8 Å². The molecule has 3 N–H and O–H groups in total. The summed E-state index contributed by atoms with van der Waals surface area (Å²) in [4.78, 5) is 0. The first-order valence-electron chi connectivity index (χ1n) is 10.0. The summed E-state index contributed by atoms with van der Waals surface area (Å²) in [5.41, 5.74) is -1.36. The monoisotopic (exact) mass is 549 g/mol. The van der Waals surface area contributed by atoms with Crippen LogP contribution in [0.15, 0.2) is 46.9 Å². The molecule has 0 saturated carbocycles. The minimum Gasteiger partial charge on any atom is -0.415 e. The number of halogens is 4. The van der Waals surface area contributed by atoms with E-state index in [1.807, 2.05) is 0 Å². The molecule has 0 bridgehead atoms. The summed E-state index contributed by atoms with van der Waals surface area (Å²) < 4.78 is 92.8. The summed E-state index contributed by atoms with van der Waals surface area (Å²) in [6.45, 7) is -0.314. The van der Waals surface area contributed by atoms with Crippen molar-refractivity contribution in [2.75, 3.05) is 18.1 Å². The average Bonchev–Trinajstić information content (AvgIpc) is 3.24. The Bertz CT molecular complexity index is 1480. The SMILES string of the molecule is N=S1(=O)CCN(S(N)(=O)=O)C(Cc2ccc(-c3nnc(C(F)F)o3)cc2F)(c2cccc(Cl)c2)C1. The fourth-order valence-electron chi connectivity index (χ4n) is 4.17. The molecule has 0 radical (unpaired) electrons. The van der Waals surface area contributed by atoms with Gasteiger partial charge in [0, 0.05) is 32.6 Å². The lowest BCUT2D eigenvalue weighted by Crippen LogP contribution is -2.61. The van der Waals surface area contributed by atoms with Crippen LogP contribution in [0.3, 0.4) is 0 Å². The third-order valence-electron chi connectivity index (χ3n) is 5.65. The number of hydrogen-bond donors (Lipinski definition) is 2. The van der Waals surface area contributed by atoms with Crippen LogP contribution in [0.2, 0.25) is 5.02 Å². The van der Waals surface area contributed by atoms with Gasteiger partial charge < -0.3 is 4.42 Å². The highest BCUT2D eigenvalue weighted by Crippen LogP contribution is 2.40. The van der Waals surface area contributed by atoms with Crippen molar-refractivity contribution in [3.05, 3.63) is 70.3 Å². The maximum atomic E-state index is 15.3. The molecule has 0 aliphatic carbocycles. The molecule has 188 valence electrons. The zero-order chi connectivity index (χ0) is 25.6. The van der Waals surface area contributed by atoms with Gasteiger partial charge in [-0.2, -0.15) is 21.5 Å². The maximum absolute atomic E-state index is 15.3. The van der Waals surface area contributed by atoms with Crippen LogP contribution in [0.5, 0.6) is 0 Å². The number of nitrogens with zero attached hydrogens (tertiary/aromatic N) is 3. The Morgan fingerprint density at radius 2 is 2.00 bits per heavy atom. The number of hydrogen-bond acceptors (Lipinski definition) is 7. The van der Waals surface area contributed by atoms with E-state index in [9.17, 15) is 21.4 Å². The first kappa shape index (κ1) is 25.6. The Kier molecular flexibility index (Phi) is 6.70. The fourth-order valence-corrected chi connectivity index (χ4v) is 7.44. The zero-order valence-electron chi connectivity index (χ0n) is 17.8. The fraction of sp³-hybridized carbons (Fsp3) is 0.300. The molecule has 9 nitrogen and oxygen atoms in total. The van der Waals surface area contributed by atoms with Crippen molar-refractivity contribution in [3.8, 4) is 11.5 Å². The van der Waals surface area contributed by atoms with Crippen LogP contribution in [0.1, 0.15) is 23.4 Å². The van der Waals surface area contributed by atoms with E-state index in [0.29, 0.717) is 5.56 Å². The molecular formula is C20H19ClF3N5O4S2. The third-order valence-corrected chi connectivity index (χ3v) is 8.82. The number of nitrogens with one attached hydrogen (secondary N) is 1. The van der Waals surface area contributed by atoms with E-state index in [2.05, 4.69) is 10.2 Å². The highest BCUT2D eigenvalue weighted by molar-refractivity contribution is 7.92. The van der Waals surface area contributed by atoms with Gasteiger partial charge in [-0.25, -0.2) is 13.7 Å². The molecule has 1 saturated heterocycles. The molecule has 1 fully saturated rings. The average molecular weight is 550 g/mol. The molecule has 3 aromatic rings. The summed E-state index contributed by atoms with van der Waals surface area (Å²) in [5, 5.41) is 12.4. The molecule has 35 heavy (non-hydrogen) atoms. The van der Waals surface area contributed by atoms with Gasteiger partial charge in [0.1, 0.15) is 5.82 Å². The minimum atomic E-state index is -4.38. The molecule has 1 aliphatic rings. The summed E-state index contributed by atoms with van der Waals surface area (Å²) in [6.07, 6.45) is -3.33. The van der Waals surface area contributed by atoms with Crippen molar-refractivity contribution in [2.24, 2.45) is 5.14 Å². The van der Waals surface area contributed by atoms with Crippen molar-refractivity contribution in [1.82, 2.24) is 14.5 Å². The molecule has 15 heteroatoms. The topological polar surface area (TPSA) is 143 Å². The minimum absolute atomic E-state index is 0.00641. The predicted octanol–water partition coefficient (Wildman–Crippen LogP) is 3.47. The van der Waals surface area contributed by atoms with Crippen LogP contribution in [0.25, 0.3) is 11.5 Å². The van der Waals surface area contributed by atoms with Gasteiger partial charge in [-0.15, -0.1) is 10.2 Å². The van der Waals surface area contributed by atoms with Crippen molar-refractivity contribution < 1.29 is 30.2 Å². The van der Waals surface area contributed by atoms with E-state index in [1.54, 1.807) is 18.2 Å². The van der Waals surface area contributed by atoms with Crippen LogP contribution in [0, 0.1) is 10.6 Å². The number of benzene rings is 2. The molecule has 1 aromatic heterocycles. The van der Waals surface area contributed by atoms with E-state index >= 15 is 4.39 Å². The van der Waals surface area contributed by atoms with Crippen molar-refractivity contribution in [3.63, 3.8) is 0 Å². The summed E-state index contributed by atoms with van der Waals surface area (Å²) in [7, 11) is -7.65. The second-order valence-corrected chi connectivity index (χ2v) is 12.3. The first-order valence-corrected chi connectivity index (χ1v) is 13.8. The quantitative estimate of drug-likeness (QED) is 0.482. The molecule has 2 atom stereocenters. The van der Waals surface area contributed by atoms with Crippen LogP contribution in [-0.2, 0) is 31.9 Å². The van der Waals surface area contributed by atoms with Gasteiger partial charge in [0.2, 0.25) is 5.89 Å². The van der Waals surface area contributed by atoms with Crippen molar-refractivity contribution in [2.45, 2.75) is 18.4 Å². The Labute approximate surface area is 204 Å². The van der Waals surface area contributed by atoms with Gasteiger partial charge in [0.25, 0.3) is 16.1 Å². The molecule has 2 unspecified atom stereocenters. The number of alkyl halides is 2. The molecule has 0 spiro atoms. The van der Waals surface area contributed by atoms with Gasteiger partial charge >= 0.3 is 6.43 Å². The Morgan fingerprint density at radius 3 is 2.60 bits per heavy atom. The Morgan fingerprint density at radius 1 is 1.26 bits per heavy atom. The number of aromatic nitrogens is 2. The summed E-state index contributed by atoms with van der Waals surface area (Å²) in [6, 6.07) is 9.72. The smallest absolute Gasteiger partial charge is 0.314 e. The van der Waals surface area contributed by atoms with E-state index in [1.165, 1.54) is 18.2 Å². The van der Waals surface area contributed by atoms with Gasteiger partial charge in [-0.05, 0) is 41.8 Å². The third kappa shape index (κ3) is 5.21. The Balaban J connectivity index is 1.83. The van der Waals surface area contributed by atoms with Gasteiger partial charge in [-0.1, -0.05) is 29.8 Å². The highest BCUT2D eigenvalue weighted by atomic mass is 35.5. The number of nitrogens with two attached hydrogens (primary N) is 1. The number of rotatable bonds is 6. The van der Waals surface area contributed by atoms with E-state index in [4.69, 9.17) is 25.9 Å². The van der Waals surface area contributed by atoms with E-state index in [0.717, 1.165) is 10.4 Å². The lowest BCUT2D eigenvalue weighted by molar-refractivity contribution is 0.116. The van der Waals surface area contributed by atoms with Crippen LogP contribution in [0.4, 0.5) is 13.2 Å². The molecule has 4 rings (SSSR count). The van der Waals surface area contributed by atoms with E-state index < -0.39 is 49.4 Å². The second kappa shape index (κ2) is 9.17. The van der Waals surface area contributed by atoms with Crippen molar-refractivity contribution in [1.29, 1.82) is 4.78 Å². The zero-order valence-corrected chi connectivity index (χ0v) is 20.2.